The van der Waals surface area contributed by atoms with E-state index in [9.17, 15) is 14.9 Å². The summed E-state index contributed by atoms with van der Waals surface area (Å²) >= 11 is 5.78. The van der Waals surface area contributed by atoms with Crippen LogP contribution in [0.2, 0.25) is 5.02 Å². The van der Waals surface area contributed by atoms with Crippen molar-refractivity contribution in [1.29, 1.82) is 0 Å². The van der Waals surface area contributed by atoms with Gasteiger partial charge in [-0.2, -0.15) is 0 Å². The number of amides is 1. The molecule has 0 aliphatic heterocycles. The number of hydrogen-bond acceptors (Lipinski definition) is 5. The van der Waals surface area contributed by atoms with Crippen LogP contribution >= 0.6 is 11.6 Å². The summed E-state index contributed by atoms with van der Waals surface area (Å²) in [6, 6.07) is 18.4. The van der Waals surface area contributed by atoms with Gasteiger partial charge in [-0.1, -0.05) is 29.8 Å². The molecule has 1 heterocycles. The molecule has 7 nitrogen and oxygen atoms in total. The lowest BCUT2D eigenvalue weighted by atomic mass is 10.2. The van der Waals surface area contributed by atoms with Crippen LogP contribution in [-0.2, 0) is 0 Å². The molecule has 0 saturated heterocycles. The minimum absolute atomic E-state index is 0.0287. The molecule has 0 aliphatic carbocycles. The number of nitro groups is 1. The van der Waals surface area contributed by atoms with E-state index in [1.54, 1.807) is 18.2 Å². The van der Waals surface area contributed by atoms with Crippen molar-refractivity contribution in [2.75, 3.05) is 5.32 Å². The molecule has 0 unspecified atom stereocenters. The highest BCUT2D eigenvalue weighted by Crippen LogP contribution is 2.28. The first-order valence-electron chi connectivity index (χ1n) is 8.22. The maximum Gasteiger partial charge on any atom is 0.288 e. The van der Waals surface area contributed by atoms with E-state index in [1.807, 2.05) is 30.3 Å². The molecule has 8 heteroatoms. The third-order valence-corrected chi connectivity index (χ3v) is 4.39. The normalized spacial score (nSPS) is 10.8. The molecule has 0 saturated carbocycles. The van der Waals surface area contributed by atoms with Gasteiger partial charge in [-0.05, 0) is 42.5 Å². The second kappa shape index (κ2) is 7.13. The number of anilines is 1. The predicted molar refractivity (Wildman–Crippen MR) is 106 cm³/mol. The molecule has 0 bridgehead atoms. The van der Waals surface area contributed by atoms with E-state index in [4.69, 9.17) is 16.0 Å². The van der Waals surface area contributed by atoms with Gasteiger partial charge in [-0.25, -0.2) is 4.98 Å². The number of nitrogens with zero attached hydrogens (tertiary/aromatic N) is 2. The summed E-state index contributed by atoms with van der Waals surface area (Å²) in [5.74, 6) is -0.0155. The Morgan fingerprint density at radius 2 is 1.86 bits per heavy atom. The number of carbonyl (C=O) groups is 1. The molecule has 0 atom stereocenters. The molecule has 0 radical (unpaired) electrons. The minimum atomic E-state index is -0.633. The van der Waals surface area contributed by atoms with E-state index in [0.717, 1.165) is 11.6 Å². The van der Waals surface area contributed by atoms with Gasteiger partial charge in [-0.15, -0.1) is 0 Å². The monoisotopic (exact) mass is 393 g/mol. The molecule has 4 rings (SSSR count). The lowest BCUT2D eigenvalue weighted by molar-refractivity contribution is -0.384. The highest BCUT2D eigenvalue weighted by atomic mass is 35.5. The molecule has 3 aromatic carbocycles. The van der Waals surface area contributed by atoms with Gasteiger partial charge in [0, 0.05) is 22.9 Å². The number of aromatic nitrogens is 1. The molecule has 0 aliphatic rings. The third-order valence-electron chi connectivity index (χ3n) is 4.07. The van der Waals surface area contributed by atoms with Crippen molar-refractivity contribution in [3.05, 3.63) is 87.4 Å². The van der Waals surface area contributed by atoms with Crippen molar-refractivity contribution in [2.45, 2.75) is 0 Å². The van der Waals surface area contributed by atoms with Gasteiger partial charge >= 0.3 is 0 Å². The number of halogens is 1. The Morgan fingerprint density at radius 3 is 2.61 bits per heavy atom. The lowest BCUT2D eigenvalue weighted by Gasteiger charge is -2.05. The number of nitrogens with one attached hydrogen (secondary N) is 1. The van der Waals surface area contributed by atoms with Gasteiger partial charge in [-0.3, -0.25) is 14.9 Å². The molecule has 138 valence electrons. The lowest BCUT2D eigenvalue weighted by Crippen LogP contribution is -2.12. The van der Waals surface area contributed by atoms with E-state index in [1.165, 1.54) is 12.1 Å². The Bertz CT molecular complexity index is 1200. The predicted octanol–water partition coefficient (Wildman–Crippen LogP) is 5.31. The van der Waals surface area contributed by atoms with E-state index in [0.29, 0.717) is 22.7 Å². The molecular weight excluding hydrogens is 382 g/mol. The highest BCUT2D eigenvalue weighted by molar-refractivity contribution is 6.32. The highest BCUT2D eigenvalue weighted by Gasteiger charge is 2.17. The van der Waals surface area contributed by atoms with E-state index < -0.39 is 10.8 Å². The fraction of sp³-hybridized carbons (Fsp3) is 0. The molecule has 1 aromatic heterocycles. The van der Waals surface area contributed by atoms with Gasteiger partial charge in [0.1, 0.15) is 10.5 Å². The van der Waals surface area contributed by atoms with Crippen LogP contribution in [0.3, 0.4) is 0 Å². The van der Waals surface area contributed by atoms with Gasteiger partial charge in [0.2, 0.25) is 5.89 Å². The fourth-order valence-corrected chi connectivity index (χ4v) is 2.89. The second-order valence-corrected chi connectivity index (χ2v) is 6.35. The molecule has 28 heavy (non-hydrogen) atoms. The number of rotatable bonds is 4. The van der Waals surface area contributed by atoms with Gasteiger partial charge < -0.3 is 9.73 Å². The summed E-state index contributed by atoms with van der Waals surface area (Å²) < 4.78 is 5.74. The maximum absolute atomic E-state index is 12.4. The second-order valence-electron chi connectivity index (χ2n) is 5.94. The number of hydrogen-bond donors (Lipinski definition) is 1. The van der Waals surface area contributed by atoms with Crippen LogP contribution in [-0.4, -0.2) is 15.8 Å². The SMILES string of the molecule is O=C(Nc1ccc2oc(-c3ccccc3)nc2c1)c1ccc(Cl)c([N+](=O)[O-])c1. The van der Waals surface area contributed by atoms with Crippen molar-refractivity contribution >= 4 is 40.0 Å². The van der Waals surface area contributed by atoms with Crippen LogP contribution in [0.25, 0.3) is 22.6 Å². The van der Waals surface area contributed by atoms with Crippen LogP contribution < -0.4 is 5.32 Å². The van der Waals surface area contributed by atoms with Crippen molar-refractivity contribution in [2.24, 2.45) is 0 Å². The van der Waals surface area contributed by atoms with Gasteiger partial charge in [0.05, 0.1) is 4.92 Å². The molecule has 4 aromatic rings. The van der Waals surface area contributed by atoms with Crippen molar-refractivity contribution in [3.63, 3.8) is 0 Å². The molecular formula is C20H12ClN3O4. The van der Waals surface area contributed by atoms with Gasteiger partial charge in [0.25, 0.3) is 11.6 Å². The van der Waals surface area contributed by atoms with Crippen molar-refractivity contribution in [1.82, 2.24) is 4.98 Å². The Labute approximate surface area is 163 Å². The quantitative estimate of drug-likeness (QED) is 0.374. The topological polar surface area (TPSA) is 98.3 Å². The summed E-state index contributed by atoms with van der Waals surface area (Å²) in [5, 5.41) is 13.7. The van der Waals surface area contributed by atoms with Crippen molar-refractivity contribution < 1.29 is 14.1 Å². The number of fused-ring (bicyclic) bond motifs is 1. The summed E-state index contributed by atoms with van der Waals surface area (Å²) in [4.78, 5) is 27.2. The zero-order valence-electron chi connectivity index (χ0n) is 14.3. The molecule has 1 N–H and O–H groups in total. The Balaban J connectivity index is 1.60. The Morgan fingerprint density at radius 1 is 1.07 bits per heavy atom. The summed E-state index contributed by atoms with van der Waals surface area (Å²) in [7, 11) is 0. The standard InChI is InChI=1S/C20H12ClN3O4/c21-15-8-6-13(10-17(15)24(26)27)19(25)22-14-7-9-18-16(11-14)23-20(28-18)12-4-2-1-3-5-12/h1-11H,(H,22,25). The zero-order valence-corrected chi connectivity index (χ0v) is 15.0. The summed E-state index contributed by atoms with van der Waals surface area (Å²) in [6.07, 6.45) is 0. The minimum Gasteiger partial charge on any atom is -0.436 e. The first kappa shape index (κ1) is 17.7. The fourth-order valence-electron chi connectivity index (χ4n) is 2.71. The largest absolute Gasteiger partial charge is 0.436 e. The van der Waals surface area contributed by atoms with E-state index >= 15 is 0 Å². The number of oxazole rings is 1. The first-order valence-corrected chi connectivity index (χ1v) is 8.60. The van der Waals surface area contributed by atoms with Gasteiger partial charge in [0.15, 0.2) is 5.58 Å². The number of benzene rings is 3. The maximum atomic E-state index is 12.4. The summed E-state index contributed by atoms with van der Waals surface area (Å²) in [6.45, 7) is 0. The van der Waals surface area contributed by atoms with Crippen LogP contribution in [0.4, 0.5) is 11.4 Å². The Hall–Kier alpha value is -3.71. The first-order chi connectivity index (χ1) is 13.5. The summed E-state index contributed by atoms with van der Waals surface area (Å²) in [5.41, 5.74) is 2.30. The van der Waals surface area contributed by atoms with Crippen LogP contribution in [0, 0.1) is 10.1 Å². The van der Waals surface area contributed by atoms with E-state index in [2.05, 4.69) is 10.3 Å². The average molecular weight is 394 g/mol. The van der Waals surface area contributed by atoms with Crippen LogP contribution in [0.15, 0.2) is 71.1 Å². The van der Waals surface area contributed by atoms with Crippen LogP contribution in [0.5, 0.6) is 0 Å². The Kier molecular flexibility index (Phi) is 4.50. The molecule has 1 amide bonds. The average Bonchev–Trinajstić information content (AvgIpc) is 3.12. The van der Waals surface area contributed by atoms with E-state index in [-0.39, 0.29) is 16.3 Å². The smallest absolute Gasteiger partial charge is 0.288 e. The number of carbonyl (C=O) groups excluding carboxylic acids is 1. The van der Waals surface area contributed by atoms with Crippen LogP contribution in [0.1, 0.15) is 10.4 Å². The third kappa shape index (κ3) is 3.43. The molecule has 0 fully saturated rings. The molecule has 0 spiro atoms. The number of nitro benzene ring substituents is 1. The zero-order chi connectivity index (χ0) is 19.7. The van der Waals surface area contributed by atoms with Crippen molar-refractivity contribution in [3.8, 4) is 11.5 Å².